The second kappa shape index (κ2) is 10.2. The zero-order valence-electron chi connectivity index (χ0n) is 15.4. The Morgan fingerprint density at radius 1 is 1.19 bits per heavy atom. The molecule has 2 N–H and O–H groups in total. The van der Waals surface area contributed by atoms with E-state index in [1.165, 1.54) is 0 Å². The fourth-order valence-electron chi connectivity index (χ4n) is 2.26. The van der Waals surface area contributed by atoms with E-state index in [1.807, 2.05) is 31.2 Å². The van der Waals surface area contributed by atoms with Crippen molar-refractivity contribution in [2.24, 2.45) is 5.92 Å². The Kier molecular flexibility index (Phi) is 8.26. The molecule has 0 unspecified atom stereocenters. The Balaban J connectivity index is 2.07. The number of halogens is 2. The van der Waals surface area contributed by atoms with Gasteiger partial charge in [-0.05, 0) is 83.3 Å². The maximum atomic E-state index is 12.7. The predicted octanol–water partition coefficient (Wildman–Crippen LogP) is 6.07. The van der Waals surface area contributed by atoms with Gasteiger partial charge in [0.1, 0.15) is 5.75 Å². The number of amides is 1. The molecule has 0 saturated carbocycles. The Morgan fingerprint density at radius 3 is 2.59 bits per heavy atom. The lowest BCUT2D eigenvalue weighted by Crippen LogP contribution is -2.34. The van der Waals surface area contributed by atoms with Crippen LogP contribution < -0.4 is 15.4 Å². The maximum Gasteiger partial charge on any atom is 0.261 e. The van der Waals surface area contributed by atoms with Crippen LogP contribution in [0.4, 0.5) is 5.69 Å². The van der Waals surface area contributed by atoms with Gasteiger partial charge in [0.25, 0.3) is 5.91 Å². The molecule has 0 aliphatic rings. The number of nitrogens with one attached hydrogen (secondary N) is 2. The summed E-state index contributed by atoms with van der Waals surface area (Å²) in [5.41, 5.74) is 2.34. The number of ether oxygens (including phenoxy) is 1. The molecule has 1 amide bonds. The van der Waals surface area contributed by atoms with Gasteiger partial charge in [0.05, 0.1) is 17.9 Å². The molecule has 0 radical (unpaired) electrons. The van der Waals surface area contributed by atoms with E-state index in [2.05, 4.69) is 56.3 Å². The number of hydrogen-bond acceptors (Lipinski definition) is 3. The minimum Gasteiger partial charge on any atom is -0.493 e. The van der Waals surface area contributed by atoms with Crippen LogP contribution in [-0.4, -0.2) is 17.6 Å². The summed E-state index contributed by atoms with van der Waals surface area (Å²) in [4.78, 5) is 12.7. The smallest absolute Gasteiger partial charge is 0.261 e. The van der Waals surface area contributed by atoms with Crippen LogP contribution in [0.2, 0.25) is 0 Å². The van der Waals surface area contributed by atoms with Crippen molar-refractivity contribution in [1.82, 2.24) is 5.32 Å². The van der Waals surface area contributed by atoms with Crippen molar-refractivity contribution in [3.05, 3.63) is 56.5 Å². The standard InChI is InChI=1S/C20H22Br2N2O2S/c1-12(2)8-9-26-18-7-5-14(21)11-15(18)19(25)24-20(27)23-17-6-4-13(3)10-16(17)22/h4-7,10-12H,8-9H2,1-3H3,(H2,23,24,25,27). The molecule has 0 aliphatic heterocycles. The van der Waals surface area contributed by atoms with Crippen molar-refractivity contribution in [1.29, 1.82) is 0 Å². The number of anilines is 1. The molecular weight excluding hydrogens is 492 g/mol. The molecule has 144 valence electrons. The molecule has 0 aromatic heterocycles. The van der Waals surface area contributed by atoms with Crippen LogP contribution in [0.1, 0.15) is 36.2 Å². The second-order valence-electron chi connectivity index (χ2n) is 6.56. The Bertz CT molecular complexity index is 841. The number of aryl methyl sites for hydroxylation is 1. The molecule has 0 spiro atoms. The summed E-state index contributed by atoms with van der Waals surface area (Å²) in [6.45, 7) is 6.82. The third-order valence-electron chi connectivity index (χ3n) is 3.74. The highest BCUT2D eigenvalue weighted by molar-refractivity contribution is 9.10. The van der Waals surface area contributed by atoms with Crippen molar-refractivity contribution < 1.29 is 9.53 Å². The van der Waals surface area contributed by atoms with Gasteiger partial charge in [-0.1, -0.05) is 35.8 Å². The Labute approximate surface area is 182 Å². The van der Waals surface area contributed by atoms with E-state index >= 15 is 0 Å². The molecule has 0 saturated heterocycles. The van der Waals surface area contributed by atoms with Crippen LogP contribution in [0.15, 0.2) is 45.3 Å². The molecule has 2 aromatic carbocycles. The molecule has 0 bridgehead atoms. The summed E-state index contributed by atoms with van der Waals surface area (Å²) < 4.78 is 7.47. The Morgan fingerprint density at radius 2 is 1.93 bits per heavy atom. The Hall–Kier alpha value is -1.44. The van der Waals surface area contributed by atoms with E-state index in [1.54, 1.807) is 12.1 Å². The molecule has 4 nitrogen and oxygen atoms in total. The monoisotopic (exact) mass is 512 g/mol. The fraction of sp³-hybridized carbons (Fsp3) is 0.300. The molecule has 2 rings (SSSR count). The quantitative estimate of drug-likeness (QED) is 0.460. The van der Waals surface area contributed by atoms with Gasteiger partial charge >= 0.3 is 0 Å². The molecule has 0 fully saturated rings. The number of rotatable bonds is 6. The molecular formula is C20H22Br2N2O2S. The molecule has 0 atom stereocenters. The third kappa shape index (κ3) is 6.90. The topological polar surface area (TPSA) is 50.4 Å². The van der Waals surface area contributed by atoms with Crippen molar-refractivity contribution >= 4 is 60.8 Å². The van der Waals surface area contributed by atoms with Crippen LogP contribution in [-0.2, 0) is 0 Å². The normalized spacial score (nSPS) is 10.6. The average molecular weight is 514 g/mol. The van der Waals surface area contributed by atoms with Crippen LogP contribution in [0, 0.1) is 12.8 Å². The highest BCUT2D eigenvalue weighted by atomic mass is 79.9. The predicted molar refractivity (Wildman–Crippen MR) is 122 cm³/mol. The van der Waals surface area contributed by atoms with Gasteiger partial charge in [0.15, 0.2) is 5.11 Å². The van der Waals surface area contributed by atoms with Crippen LogP contribution in [0.5, 0.6) is 5.75 Å². The molecule has 7 heteroatoms. The van der Waals surface area contributed by atoms with Gasteiger partial charge in [-0.2, -0.15) is 0 Å². The second-order valence-corrected chi connectivity index (χ2v) is 8.74. The van der Waals surface area contributed by atoms with Gasteiger partial charge in [-0.15, -0.1) is 0 Å². The first-order chi connectivity index (χ1) is 12.8. The molecule has 0 aliphatic carbocycles. The fourth-order valence-corrected chi connectivity index (χ4v) is 3.41. The van der Waals surface area contributed by atoms with Crippen molar-refractivity contribution in [2.45, 2.75) is 27.2 Å². The molecule has 27 heavy (non-hydrogen) atoms. The number of thiocarbonyl (C=S) groups is 1. The summed E-state index contributed by atoms with van der Waals surface area (Å²) >= 11 is 12.2. The lowest BCUT2D eigenvalue weighted by Gasteiger charge is -2.15. The number of carbonyl (C=O) groups is 1. The van der Waals surface area contributed by atoms with E-state index in [0.29, 0.717) is 23.8 Å². The summed E-state index contributed by atoms with van der Waals surface area (Å²) in [5, 5.41) is 5.96. The lowest BCUT2D eigenvalue weighted by atomic mass is 10.1. The van der Waals surface area contributed by atoms with E-state index in [-0.39, 0.29) is 11.0 Å². The number of carbonyl (C=O) groups excluding carboxylic acids is 1. The SMILES string of the molecule is Cc1ccc(NC(=S)NC(=O)c2cc(Br)ccc2OCCC(C)C)c(Br)c1. The van der Waals surface area contributed by atoms with Gasteiger partial charge in [0.2, 0.25) is 0 Å². The highest BCUT2D eigenvalue weighted by Crippen LogP contribution is 2.25. The number of benzene rings is 2. The molecule has 0 heterocycles. The third-order valence-corrected chi connectivity index (χ3v) is 5.09. The molecule has 2 aromatic rings. The highest BCUT2D eigenvalue weighted by Gasteiger charge is 2.15. The van der Waals surface area contributed by atoms with Crippen LogP contribution in [0.3, 0.4) is 0 Å². The minimum absolute atomic E-state index is 0.220. The van der Waals surface area contributed by atoms with Crippen LogP contribution in [0.25, 0.3) is 0 Å². The summed E-state index contributed by atoms with van der Waals surface area (Å²) in [5.74, 6) is 0.745. The van der Waals surface area contributed by atoms with Gasteiger partial charge < -0.3 is 10.1 Å². The van der Waals surface area contributed by atoms with E-state index in [4.69, 9.17) is 17.0 Å². The van der Waals surface area contributed by atoms with Crippen LogP contribution >= 0.6 is 44.1 Å². The minimum atomic E-state index is -0.323. The lowest BCUT2D eigenvalue weighted by molar-refractivity contribution is 0.0973. The van der Waals surface area contributed by atoms with E-state index in [0.717, 1.165) is 26.6 Å². The van der Waals surface area contributed by atoms with Crippen molar-refractivity contribution in [2.75, 3.05) is 11.9 Å². The summed E-state index contributed by atoms with van der Waals surface area (Å²) in [6.07, 6.45) is 0.915. The first-order valence-electron chi connectivity index (χ1n) is 8.57. The summed E-state index contributed by atoms with van der Waals surface area (Å²) in [6, 6.07) is 11.2. The van der Waals surface area contributed by atoms with Gasteiger partial charge in [-0.3, -0.25) is 10.1 Å². The van der Waals surface area contributed by atoms with E-state index in [9.17, 15) is 4.79 Å². The number of hydrogen-bond donors (Lipinski definition) is 2. The largest absolute Gasteiger partial charge is 0.493 e. The zero-order chi connectivity index (χ0) is 20.0. The first-order valence-corrected chi connectivity index (χ1v) is 10.6. The van der Waals surface area contributed by atoms with Crippen molar-refractivity contribution in [3.63, 3.8) is 0 Å². The van der Waals surface area contributed by atoms with E-state index < -0.39 is 0 Å². The average Bonchev–Trinajstić information content (AvgIpc) is 2.58. The zero-order valence-corrected chi connectivity index (χ0v) is 19.4. The summed E-state index contributed by atoms with van der Waals surface area (Å²) in [7, 11) is 0. The maximum absolute atomic E-state index is 12.7. The van der Waals surface area contributed by atoms with Gasteiger partial charge in [0, 0.05) is 8.95 Å². The van der Waals surface area contributed by atoms with Crippen molar-refractivity contribution in [3.8, 4) is 5.75 Å². The first kappa shape index (κ1) is 21.9. The van der Waals surface area contributed by atoms with Gasteiger partial charge in [-0.25, -0.2) is 0 Å².